The normalized spacial score (nSPS) is 11.5. The molecule has 7 nitrogen and oxygen atoms in total. The van der Waals surface area contributed by atoms with Crippen molar-refractivity contribution in [3.8, 4) is 22.8 Å². The van der Waals surface area contributed by atoms with Crippen molar-refractivity contribution in [2.45, 2.75) is 6.04 Å². The maximum atomic E-state index is 12.6. The Labute approximate surface area is 182 Å². The fraction of sp³-hybridized carbons (Fsp3) is 0.273. The van der Waals surface area contributed by atoms with Crippen molar-refractivity contribution in [1.29, 1.82) is 0 Å². The van der Waals surface area contributed by atoms with Crippen LogP contribution in [-0.2, 0) is 0 Å². The zero-order chi connectivity index (χ0) is 20.8. The number of hydrogen-bond donors (Lipinski definition) is 1. The van der Waals surface area contributed by atoms with Gasteiger partial charge in [0, 0.05) is 23.7 Å². The molecule has 0 saturated heterocycles. The monoisotopic (exact) mass is 431 g/mol. The molecule has 1 heterocycles. The minimum atomic E-state index is -0.296. The summed E-state index contributed by atoms with van der Waals surface area (Å²) >= 11 is 0. The van der Waals surface area contributed by atoms with Crippen LogP contribution in [0.4, 0.5) is 0 Å². The predicted molar refractivity (Wildman–Crippen MR) is 117 cm³/mol. The number of hydrogen-bond acceptors (Lipinski definition) is 6. The lowest BCUT2D eigenvalue weighted by atomic mass is 10.0. The van der Waals surface area contributed by atoms with Gasteiger partial charge >= 0.3 is 0 Å². The molecular formula is C22H26ClN3O4. The molecule has 1 amide bonds. The summed E-state index contributed by atoms with van der Waals surface area (Å²) in [7, 11) is 7.17. The number of carbonyl (C=O) groups excluding carboxylic acids is 1. The van der Waals surface area contributed by atoms with Crippen molar-refractivity contribution in [3.05, 3.63) is 65.9 Å². The van der Waals surface area contributed by atoms with E-state index in [-0.39, 0.29) is 30.0 Å². The first-order chi connectivity index (χ1) is 14.0. The number of nitrogens with one attached hydrogen (secondary N) is 1. The molecule has 3 aromatic rings. The summed E-state index contributed by atoms with van der Waals surface area (Å²) in [6.45, 7) is 0.400. The SMILES string of the molecule is COc1ccc(-c2cc(C(=O)NCC(c3ccccc3OC)N(C)C)no2)cc1.Cl. The van der Waals surface area contributed by atoms with Crippen LogP contribution in [0.3, 0.4) is 0 Å². The Morgan fingerprint density at radius 2 is 1.80 bits per heavy atom. The first-order valence-electron chi connectivity index (χ1n) is 9.22. The van der Waals surface area contributed by atoms with Gasteiger partial charge in [-0.25, -0.2) is 0 Å². The summed E-state index contributed by atoms with van der Waals surface area (Å²) in [5, 5.41) is 6.84. The van der Waals surface area contributed by atoms with Crippen LogP contribution in [0.25, 0.3) is 11.3 Å². The number of aromatic nitrogens is 1. The fourth-order valence-electron chi connectivity index (χ4n) is 3.07. The van der Waals surface area contributed by atoms with Crippen LogP contribution >= 0.6 is 12.4 Å². The van der Waals surface area contributed by atoms with Crippen molar-refractivity contribution in [2.75, 3.05) is 34.9 Å². The van der Waals surface area contributed by atoms with Gasteiger partial charge in [0.15, 0.2) is 11.5 Å². The second-order valence-electron chi connectivity index (χ2n) is 6.74. The standard InChI is InChI=1S/C22H25N3O4.ClH/c1-25(2)19(17-7-5-6-8-20(17)28-4)14-23-22(26)18-13-21(29-24-18)15-9-11-16(27-3)12-10-15;/h5-13,19H,14H2,1-4H3,(H,23,26);1H. The number of para-hydroxylation sites is 1. The van der Waals surface area contributed by atoms with Gasteiger partial charge in [0.05, 0.1) is 20.3 Å². The predicted octanol–water partition coefficient (Wildman–Crippen LogP) is 3.81. The van der Waals surface area contributed by atoms with Gasteiger partial charge in [-0.05, 0) is 44.4 Å². The van der Waals surface area contributed by atoms with Crippen LogP contribution in [0.1, 0.15) is 22.1 Å². The van der Waals surface area contributed by atoms with Gasteiger partial charge in [-0.15, -0.1) is 12.4 Å². The molecule has 160 valence electrons. The molecule has 0 radical (unpaired) electrons. The lowest BCUT2D eigenvalue weighted by Gasteiger charge is -2.26. The molecule has 30 heavy (non-hydrogen) atoms. The van der Waals surface area contributed by atoms with Crippen LogP contribution in [0, 0.1) is 0 Å². The summed E-state index contributed by atoms with van der Waals surface area (Å²) in [6, 6.07) is 16.7. The minimum Gasteiger partial charge on any atom is -0.497 e. The highest BCUT2D eigenvalue weighted by atomic mass is 35.5. The third-order valence-electron chi connectivity index (χ3n) is 4.69. The van der Waals surface area contributed by atoms with E-state index in [1.54, 1.807) is 20.3 Å². The minimum absolute atomic E-state index is 0. The molecular weight excluding hydrogens is 406 g/mol. The third-order valence-corrected chi connectivity index (χ3v) is 4.69. The summed E-state index contributed by atoms with van der Waals surface area (Å²) in [4.78, 5) is 14.6. The van der Waals surface area contributed by atoms with Crippen LogP contribution < -0.4 is 14.8 Å². The van der Waals surface area contributed by atoms with Crippen LogP contribution in [0.15, 0.2) is 59.1 Å². The average molecular weight is 432 g/mol. The van der Waals surface area contributed by atoms with Gasteiger partial charge < -0.3 is 24.2 Å². The number of halogens is 1. The molecule has 1 unspecified atom stereocenters. The number of methoxy groups -OCH3 is 2. The van der Waals surface area contributed by atoms with E-state index in [0.29, 0.717) is 12.3 Å². The Balaban J connectivity index is 0.00000320. The van der Waals surface area contributed by atoms with E-state index in [4.69, 9.17) is 14.0 Å². The van der Waals surface area contributed by atoms with E-state index in [0.717, 1.165) is 22.6 Å². The highest BCUT2D eigenvalue weighted by molar-refractivity contribution is 5.93. The van der Waals surface area contributed by atoms with Gasteiger partial charge in [0.1, 0.15) is 11.5 Å². The van der Waals surface area contributed by atoms with Crippen LogP contribution in [-0.4, -0.2) is 50.8 Å². The second kappa shape index (κ2) is 10.7. The third kappa shape index (κ3) is 5.31. The van der Waals surface area contributed by atoms with Crippen molar-refractivity contribution in [1.82, 2.24) is 15.4 Å². The Morgan fingerprint density at radius 3 is 2.43 bits per heavy atom. The first-order valence-corrected chi connectivity index (χ1v) is 9.22. The van der Waals surface area contributed by atoms with E-state index < -0.39 is 0 Å². The molecule has 0 aliphatic carbocycles. The number of carbonyl (C=O) groups is 1. The second-order valence-corrected chi connectivity index (χ2v) is 6.74. The molecule has 1 aromatic heterocycles. The maximum absolute atomic E-state index is 12.6. The Kier molecular flexibility index (Phi) is 8.26. The molecule has 0 aliphatic heterocycles. The fourth-order valence-corrected chi connectivity index (χ4v) is 3.07. The molecule has 0 saturated carbocycles. The quantitative estimate of drug-likeness (QED) is 0.584. The zero-order valence-corrected chi connectivity index (χ0v) is 18.2. The van der Waals surface area contributed by atoms with Gasteiger partial charge in [0.25, 0.3) is 5.91 Å². The summed E-state index contributed by atoms with van der Waals surface area (Å²) in [5.74, 6) is 1.75. The summed E-state index contributed by atoms with van der Waals surface area (Å²) in [6.07, 6.45) is 0. The van der Waals surface area contributed by atoms with Crippen LogP contribution in [0.5, 0.6) is 11.5 Å². The molecule has 1 N–H and O–H groups in total. The Morgan fingerprint density at radius 1 is 1.10 bits per heavy atom. The Bertz CT molecular complexity index is 957. The molecule has 0 spiro atoms. The van der Waals surface area contributed by atoms with Crippen molar-refractivity contribution in [2.24, 2.45) is 0 Å². The molecule has 0 bridgehead atoms. The number of rotatable bonds is 8. The van der Waals surface area contributed by atoms with Gasteiger partial charge in [-0.3, -0.25) is 4.79 Å². The smallest absolute Gasteiger partial charge is 0.273 e. The van der Waals surface area contributed by atoms with Gasteiger partial charge in [0.2, 0.25) is 0 Å². The largest absolute Gasteiger partial charge is 0.497 e. The summed E-state index contributed by atoms with van der Waals surface area (Å²) in [5.41, 5.74) is 2.05. The van der Waals surface area contributed by atoms with E-state index in [2.05, 4.69) is 10.5 Å². The van der Waals surface area contributed by atoms with E-state index in [1.165, 1.54) is 0 Å². The average Bonchev–Trinajstić information content (AvgIpc) is 3.24. The van der Waals surface area contributed by atoms with E-state index in [9.17, 15) is 4.79 Å². The molecule has 1 atom stereocenters. The van der Waals surface area contributed by atoms with Gasteiger partial charge in [-0.1, -0.05) is 23.4 Å². The lowest BCUT2D eigenvalue weighted by molar-refractivity contribution is 0.0932. The lowest BCUT2D eigenvalue weighted by Crippen LogP contribution is -2.34. The molecule has 0 fully saturated rings. The number of amides is 1. The highest BCUT2D eigenvalue weighted by Crippen LogP contribution is 2.27. The van der Waals surface area contributed by atoms with E-state index >= 15 is 0 Å². The van der Waals surface area contributed by atoms with Crippen molar-refractivity contribution in [3.63, 3.8) is 0 Å². The Hall–Kier alpha value is -3.03. The summed E-state index contributed by atoms with van der Waals surface area (Å²) < 4.78 is 16.0. The topological polar surface area (TPSA) is 76.8 Å². The number of benzene rings is 2. The van der Waals surface area contributed by atoms with Crippen molar-refractivity contribution < 1.29 is 18.8 Å². The number of nitrogens with zero attached hydrogens (tertiary/aromatic N) is 2. The molecule has 3 rings (SSSR count). The zero-order valence-electron chi connectivity index (χ0n) is 17.4. The van der Waals surface area contributed by atoms with Gasteiger partial charge in [-0.2, -0.15) is 0 Å². The van der Waals surface area contributed by atoms with Crippen LogP contribution in [0.2, 0.25) is 0 Å². The molecule has 0 aliphatic rings. The number of ether oxygens (including phenoxy) is 2. The highest BCUT2D eigenvalue weighted by Gasteiger charge is 2.21. The molecule has 8 heteroatoms. The first kappa shape index (κ1) is 23.3. The van der Waals surface area contributed by atoms with E-state index in [1.807, 2.05) is 67.5 Å². The maximum Gasteiger partial charge on any atom is 0.273 e. The molecule has 2 aromatic carbocycles. The van der Waals surface area contributed by atoms with Crippen molar-refractivity contribution >= 4 is 18.3 Å². The number of likely N-dealkylation sites (N-methyl/N-ethyl adjacent to an activating group) is 1.